The van der Waals surface area contributed by atoms with E-state index in [0.29, 0.717) is 16.6 Å². The summed E-state index contributed by atoms with van der Waals surface area (Å²) < 4.78 is 26.9. The Labute approximate surface area is 141 Å². The zero-order valence-corrected chi connectivity index (χ0v) is 15.7. The van der Waals surface area contributed by atoms with E-state index in [0.717, 1.165) is 12.8 Å². The number of rotatable bonds is 3. The molecule has 0 N–H and O–H groups in total. The fraction of sp³-hybridized carbons (Fsp3) is 0.667. The average molecular weight is 373 g/mol. The summed E-state index contributed by atoms with van der Waals surface area (Å²) in [5.41, 5.74) is 0.513. The molecule has 0 spiro atoms. The van der Waals surface area contributed by atoms with E-state index in [1.807, 2.05) is 6.07 Å². The molecular formula is C18H26BrFO2. The van der Waals surface area contributed by atoms with E-state index in [9.17, 15) is 4.39 Å². The molecule has 0 radical (unpaired) electrons. The molecule has 1 aliphatic heterocycles. The van der Waals surface area contributed by atoms with Crippen molar-refractivity contribution in [3.05, 3.63) is 34.1 Å². The van der Waals surface area contributed by atoms with Crippen LogP contribution in [0.15, 0.2) is 22.7 Å². The summed E-state index contributed by atoms with van der Waals surface area (Å²) in [4.78, 5) is 0. The van der Waals surface area contributed by atoms with Crippen LogP contribution in [0, 0.1) is 16.6 Å². The fourth-order valence-electron chi connectivity index (χ4n) is 2.91. The van der Waals surface area contributed by atoms with Crippen LogP contribution in [0.25, 0.3) is 0 Å². The maximum atomic E-state index is 14.2. The Morgan fingerprint density at radius 2 is 2.00 bits per heavy atom. The molecule has 22 heavy (non-hydrogen) atoms. The summed E-state index contributed by atoms with van der Waals surface area (Å²) in [6.45, 7) is 11.7. The normalized spacial score (nSPS) is 25.2. The van der Waals surface area contributed by atoms with E-state index < -0.39 is 5.79 Å². The van der Waals surface area contributed by atoms with E-state index in [-0.39, 0.29) is 23.3 Å². The SMILES string of the molecule is CC1(C)CCOC(OCc2cccc(Br)c2F)(C(C)(C)C)C1. The molecule has 2 nitrogen and oxygen atoms in total. The highest BCUT2D eigenvalue weighted by Gasteiger charge is 2.50. The van der Waals surface area contributed by atoms with Gasteiger partial charge in [0, 0.05) is 17.4 Å². The van der Waals surface area contributed by atoms with Crippen LogP contribution in [0.3, 0.4) is 0 Å². The molecule has 1 fully saturated rings. The lowest BCUT2D eigenvalue weighted by Crippen LogP contribution is -2.53. The standard InChI is InChI=1S/C18H26BrFO2/c1-16(2,3)18(12-17(4,5)9-10-21-18)22-11-13-7-6-8-14(19)15(13)20/h6-8H,9-12H2,1-5H3. The van der Waals surface area contributed by atoms with Gasteiger partial charge in [-0.3, -0.25) is 0 Å². The summed E-state index contributed by atoms with van der Waals surface area (Å²) >= 11 is 3.22. The van der Waals surface area contributed by atoms with Crippen molar-refractivity contribution in [2.45, 2.75) is 59.9 Å². The Morgan fingerprint density at radius 1 is 1.32 bits per heavy atom. The Kier molecular flexibility index (Phi) is 5.06. The summed E-state index contributed by atoms with van der Waals surface area (Å²) in [7, 11) is 0. The van der Waals surface area contributed by atoms with Gasteiger partial charge in [-0.1, -0.05) is 46.8 Å². The van der Waals surface area contributed by atoms with Gasteiger partial charge in [-0.05, 0) is 33.8 Å². The maximum Gasteiger partial charge on any atom is 0.173 e. The molecule has 0 aliphatic carbocycles. The summed E-state index contributed by atoms with van der Waals surface area (Å²) in [5, 5.41) is 0. The second-order valence-electron chi connectivity index (χ2n) is 7.94. The smallest absolute Gasteiger partial charge is 0.173 e. The third-order valence-electron chi connectivity index (χ3n) is 4.46. The van der Waals surface area contributed by atoms with Crippen molar-refractivity contribution in [3.63, 3.8) is 0 Å². The maximum absolute atomic E-state index is 14.2. The zero-order valence-electron chi connectivity index (χ0n) is 14.1. The van der Waals surface area contributed by atoms with Crippen molar-refractivity contribution in [1.29, 1.82) is 0 Å². The van der Waals surface area contributed by atoms with Crippen molar-refractivity contribution in [3.8, 4) is 0 Å². The molecule has 0 aromatic heterocycles. The van der Waals surface area contributed by atoms with E-state index >= 15 is 0 Å². The molecule has 124 valence electrons. The number of hydrogen-bond acceptors (Lipinski definition) is 2. The van der Waals surface area contributed by atoms with Crippen molar-refractivity contribution in [1.82, 2.24) is 0 Å². The Morgan fingerprint density at radius 3 is 2.59 bits per heavy atom. The van der Waals surface area contributed by atoms with Gasteiger partial charge in [-0.2, -0.15) is 0 Å². The summed E-state index contributed by atoms with van der Waals surface area (Å²) in [5.74, 6) is -0.953. The minimum atomic E-state index is -0.691. The second-order valence-corrected chi connectivity index (χ2v) is 8.80. The van der Waals surface area contributed by atoms with Crippen molar-refractivity contribution < 1.29 is 13.9 Å². The highest BCUT2D eigenvalue weighted by atomic mass is 79.9. The van der Waals surface area contributed by atoms with E-state index in [1.54, 1.807) is 12.1 Å². The monoisotopic (exact) mass is 372 g/mol. The fourth-order valence-corrected chi connectivity index (χ4v) is 3.31. The first-order valence-corrected chi connectivity index (χ1v) is 8.56. The minimum Gasteiger partial charge on any atom is -0.349 e. The van der Waals surface area contributed by atoms with Crippen LogP contribution in [0.2, 0.25) is 0 Å². The van der Waals surface area contributed by atoms with Gasteiger partial charge in [-0.15, -0.1) is 0 Å². The number of ether oxygens (including phenoxy) is 2. The molecule has 0 bridgehead atoms. The average Bonchev–Trinajstić information content (AvgIpc) is 2.38. The van der Waals surface area contributed by atoms with Gasteiger partial charge in [-0.25, -0.2) is 4.39 Å². The molecule has 2 rings (SSSR count). The van der Waals surface area contributed by atoms with Crippen LogP contribution < -0.4 is 0 Å². The van der Waals surface area contributed by atoms with E-state index in [2.05, 4.69) is 50.5 Å². The largest absolute Gasteiger partial charge is 0.349 e. The van der Waals surface area contributed by atoms with Crippen molar-refractivity contribution in [2.24, 2.45) is 10.8 Å². The molecule has 1 unspecified atom stereocenters. The first-order chi connectivity index (χ1) is 10.1. The molecule has 0 amide bonds. The van der Waals surface area contributed by atoms with Gasteiger partial charge >= 0.3 is 0 Å². The van der Waals surface area contributed by atoms with Gasteiger partial charge in [0.25, 0.3) is 0 Å². The lowest BCUT2D eigenvalue weighted by atomic mass is 9.71. The topological polar surface area (TPSA) is 18.5 Å². The Bertz CT molecular complexity index is 536. The van der Waals surface area contributed by atoms with E-state index in [1.165, 1.54) is 0 Å². The van der Waals surface area contributed by atoms with Gasteiger partial charge in [0.1, 0.15) is 5.82 Å². The van der Waals surface area contributed by atoms with E-state index in [4.69, 9.17) is 9.47 Å². The lowest BCUT2D eigenvalue weighted by molar-refractivity contribution is -0.326. The second kappa shape index (κ2) is 6.21. The third kappa shape index (κ3) is 3.72. The number of benzene rings is 1. The minimum absolute atomic E-state index is 0.154. The highest BCUT2D eigenvalue weighted by molar-refractivity contribution is 9.10. The van der Waals surface area contributed by atoms with Crippen LogP contribution in [0.5, 0.6) is 0 Å². The number of halogens is 2. The van der Waals surface area contributed by atoms with Crippen LogP contribution in [0.4, 0.5) is 4.39 Å². The molecule has 1 saturated heterocycles. The van der Waals surface area contributed by atoms with Gasteiger partial charge in [0.05, 0.1) is 17.7 Å². The van der Waals surface area contributed by atoms with Crippen molar-refractivity contribution >= 4 is 15.9 Å². The predicted molar refractivity (Wildman–Crippen MR) is 90.0 cm³/mol. The summed E-state index contributed by atoms with van der Waals surface area (Å²) in [6, 6.07) is 5.27. The molecular weight excluding hydrogens is 347 g/mol. The molecule has 1 aliphatic rings. The summed E-state index contributed by atoms with van der Waals surface area (Å²) in [6.07, 6.45) is 1.82. The van der Waals surface area contributed by atoms with Crippen LogP contribution in [0.1, 0.15) is 53.0 Å². The zero-order chi connectivity index (χ0) is 16.6. The lowest BCUT2D eigenvalue weighted by Gasteiger charge is -2.51. The Balaban J connectivity index is 2.23. The predicted octanol–water partition coefficient (Wildman–Crippen LogP) is 5.68. The van der Waals surface area contributed by atoms with Crippen molar-refractivity contribution in [2.75, 3.05) is 6.61 Å². The van der Waals surface area contributed by atoms with Crippen LogP contribution in [-0.4, -0.2) is 12.4 Å². The molecule has 4 heteroatoms. The molecule has 1 aromatic carbocycles. The van der Waals surface area contributed by atoms with Crippen LogP contribution in [-0.2, 0) is 16.1 Å². The van der Waals surface area contributed by atoms with Gasteiger partial charge in [0.15, 0.2) is 5.79 Å². The number of hydrogen-bond donors (Lipinski definition) is 0. The molecule has 0 saturated carbocycles. The highest BCUT2D eigenvalue weighted by Crippen LogP contribution is 2.48. The van der Waals surface area contributed by atoms with Gasteiger partial charge < -0.3 is 9.47 Å². The molecule has 1 heterocycles. The quantitative estimate of drug-likeness (QED) is 0.678. The van der Waals surface area contributed by atoms with Gasteiger partial charge in [0.2, 0.25) is 0 Å². The molecule has 1 atom stereocenters. The first-order valence-electron chi connectivity index (χ1n) is 7.77. The molecule has 1 aromatic rings. The third-order valence-corrected chi connectivity index (χ3v) is 5.07. The first kappa shape index (κ1) is 17.9. The Hall–Kier alpha value is -0.450. The van der Waals surface area contributed by atoms with Crippen LogP contribution >= 0.6 is 15.9 Å².